The summed E-state index contributed by atoms with van der Waals surface area (Å²) in [6.07, 6.45) is 6.87. The molecule has 1 aliphatic rings. The molecule has 0 atom stereocenters. The molecule has 5 heterocycles. The van der Waals surface area contributed by atoms with E-state index in [1.54, 1.807) is 18.6 Å². The number of nitrogens with one attached hydrogen (secondary N) is 2. The van der Waals surface area contributed by atoms with Crippen molar-refractivity contribution < 1.29 is 8.42 Å². The Kier molecular flexibility index (Phi) is 5.85. The fourth-order valence-electron chi connectivity index (χ4n) is 3.73. The van der Waals surface area contributed by atoms with Gasteiger partial charge in [-0.25, -0.2) is 33.1 Å². The Morgan fingerprint density at radius 2 is 2.03 bits per heavy atom. The molecule has 172 valence electrons. The summed E-state index contributed by atoms with van der Waals surface area (Å²) >= 11 is 8.05. The predicted molar refractivity (Wildman–Crippen MR) is 128 cm³/mol. The van der Waals surface area contributed by atoms with Crippen molar-refractivity contribution in [1.82, 2.24) is 34.6 Å². The molecule has 0 spiro atoms. The van der Waals surface area contributed by atoms with E-state index < -0.39 is 10.0 Å². The van der Waals surface area contributed by atoms with E-state index in [0.717, 1.165) is 28.2 Å². The summed E-state index contributed by atoms with van der Waals surface area (Å²) in [6.45, 7) is 3.78. The van der Waals surface area contributed by atoms with Gasteiger partial charge in [0.1, 0.15) is 17.0 Å². The van der Waals surface area contributed by atoms with Gasteiger partial charge in [-0.1, -0.05) is 18.5 Å². The highest BCUT2D eigenvalue weighted by atomic mass is 35.5. The normalized spacial score (nSPS) is 14.8. The molecular weight excluding hydrogens is 484 g/mol. The van der Waals surface area contributed by atoms with Gasteiger partial charge in [0.15, 0.2) is 10.8 Å². The van der Waals surface area contributed by atoms with Crippen molar-refractivity contribution in [2.45, 2.75) is 23.4 Å². The predicted octanol–water partition coefficient (Wildman–Crippen LogP) is 2.65. The van der Waals surface area contributed by atoms with Gasteiger partial charge in [0.25, 0.3) is 0 Å². The largest absolute Gasteiger partial charge is 0.355 e. The fraction of sp³-hybridized carbons (Fsp3) is 0.350. The average molecular weight is 505 g/mol. The second-order valence-electron chi connectivity index (χ2n) is 7.89. The van der Waals surface area contributed by atoms with Crippen LogP contribution in [0.2, 0.25) is 5.02 Å². The summed E-state index contributed by atoms with van der Waals surface area (Å²) in [6, 6.07) is 1.91. The zero-order valence-corrected chi connectivity index (χ0v) is 20.3. The van der Waals surface area contributed by atoms with Crippen LogP contribution in [0.1, 0.15) is 12.6 Å². The lowest BCUT2D eigenvalue weighted by Crippen LogP contribution is -2.51. The van der Waals surface area contributed by atoms with Crippen LogP contribution >= 0.6 is 23.4 Å². The first kappa shape index (κ1) is 22.3. The average Bonchev–Trinajstić information content (AvgIpc) is 3.07. The first-order valence-corrected chi connectivity index (χ1v) is 13.4. The van der Waals surface area contributed by atoms with Crippen LogP contribution in [0, 0.1) is 5.92 Å². The van der Waals surface area contributed by atoms with Gasteiger partial charge < -0.3 is 9.88 Å². The van der Waals surface area contributed by atoms with Crippen LogP contribution in [0.15, 0.2) is 34.7 Å². The molecule has 0 bridgehead atoms. The van der Waals surface area contributed by atoms with E-state index in [0.29, 0.717) is 46.6 Å². The summed E-state index contributed by atoms with van der Waals surface area (Å²) in [7, 11) is -3.22. The third kappa shape index (κ3) is 4.60. The van der Waals surface area contributed by atoms with E-state index >= 15 is 0 Å². The maximum atomic E-state index is 11.4. The lowest BCUT2D eigenvalue weighted by atomic mass is 10.0. The van der Waals surface area contributed by atoms with Crippen molar-refractivity contribution in [1.29, 1.82) is 0 Å². The Labute approximate surface area is 199 Å². The van der Waals surface area contributed by atoms with Crippen LogP contribution < -0.4 is 9.62 Å². The molecule has 0 unspecified atom stereocenters. The number of anilines is 1. The zero-order chi connectivity index (χ0) is 23.2. The van der Waals surface area contributed by atoms with Crippen molar-refractivity contribution in [3.05, 3.63) is 35.4 Å². The van der Waals surface area contributed by atoms with E-state index in [1.807, 2.05) is 13.0 Å². The number of hydrogen-bond acceptors (Lipinski definition) is 9. The van der Waals surface area contributed by atoms with Crippen LogP contribution in [0.4, 0.5) is 5.82 Å². The summed E-state index contributed by atoms with van der Waals surface area (Å²) in [4.78, 5) is 28.7. The monoisotopic (exact) mass is 504 g/mol. The summed E-state index contributed by atoms with van der Waals surface area (Å²) in [5.41, 5.74) is 2.86. The minimum absolute atomic E-state index is 0.201. The van der Waals surface area contributed by atoms with Crippen molar-refractivity contribution in [3.8, 4) is 0 Å². The van der Waals surface area contributed by atoms with Crippen LogP contribution in [-0.2, 0) is 16.4 Å². The molecule has 0 radical (unpaired) electrons. The number of aromatic amines is 1. The molecule has 0 aliphatic carbocycles. The van der Waals surface area contributed by atoms with Crippen LogP contribution in [0.5, 0.6) is 0 Å². The van der Waals surface area contributed by atoms with Crippen molar-refractivity contribution in [2.75, 3.05) is 30.8 Å². The van der Waals surface area contributed by atoms with Gasteiger partial charge in [-0.05, 0) is 24.2 Å². The maximum absolute atomic E-state index is 11.4. The van der Waals surface area contributed by atoms with E-state index in [1.165, 1.54) is 18.0 Å². The van der Waals surface area contributed by atoms with E-state index in [9.17, 15) is 8.42 Å². The van der Waals surface area contributed by atoms with Crippen molar-refractivity contribution in [2.24, 2.45) is 5.92 Å². The van der Waals surface area contributed by atoms with E-state index in [4.69, 9.17) is 21.6 Å². The lowest BCUT2D eigenvalue weighted by molar-refractivity contribution is 0.404. The number of aryl methyl sites for hydroxylation is 1. The molecule has 5 rings (SSSR count). The third-order valence-electron chi connectivity index (χ3n) is 5.38. The number of pyridine rings is 1. The minimum atomic E-state index is -3.22. The van der Waals surface area contributed by atoms with Gasteiger partial charge in [0, 0.05) is 54.7 Å². The van der Waals surface area contributed by atoms with Crippen LogP contribution in [-0.4, -0.2) is 64.2 Å². The molecular formula is C20H21ClN8O2S2. The fourth-order valence-corrected chi connectivity index (χ4v) is 5.38. The Bertz CT molecular complexity index is 1450. The Morgan fingerprint density at radius 1 is 1.24 bits per heavy atom. The minimum Gasteiger partial charge on any atom is -0.355 e. The molecule has 33 heavy (non-hydrogen) atoms. The maximum Gasteiger partial charge on any atom is 0.208 e. The number of hydrogen-bond donors (Lipinski definition) is 2. The van der Waals surface area contributed by atoms with E-state index in [-0.39, 0.29) is 5.92 Å². The van der Waals surface area contributed by atoms with Crippen LogP contribution in [0.25, 0.3) is 22.2 Å². The molecule has 2 N–H and O–H groups in total. The van der Waals surface area contributed by atoms with Gasteiger partial charge in [0.2, 0.25) is 10.0 Å². The molecule has 1 aliphatic heterocycles. The number of aromatic nitrogens is 6. The van der Waals surface area contributed by atoms with Gasteiger partial charge in [-0.2, -0.15) is 0 Å². The Morgan fingerprint density at radius 3 is 2.79 bits per heavy atom. The Hall–Kier alpha value is -2.54. The number of fused-ring (bicyclic) bond motifs is 2. The molecule has 0 amide bonds. The number of nitrogens with zero attached hydrogens (tertiary/aromatic N) is 6. The molecule has 4 aromatic rings. The number of rotatable bonds is 7. The number of sulfonamides is 1. The molecule has 0 saturated carbocycles. The molecule has 10 nitrogen and oxygen atoms in total. The zero-order valence-electron chi connectivity index (χ0n) is 17.9. The Balaban J connectivity index is 1.46. The van der Waals surface area contributed by atoms with Gasteiger partial charge in [-0.3, -0.25) is 4.98 Å². The van der Waals surface area contributed by atoms with E-state index in [2.05, 4.69) is 29.6 Å². The summed E-state index contributed by atoms with van der Waals surface area (Å²) < 4.78 is 25.4. The first-order valence-electron chi connectivity index (χ1n) is 10.3. The molecule has 4 aromatic heterocycles. The SMILES string of the molecule is CCc1[nH]c2nc(Sc3cnc4nccnc4c3)nc(N3CC(CNS(C)(=O)=O)C3)c2c1Cl. The standard InChI is InChI=1S/C20H21ClN8O2S2/c1-3-13-16(21)15-18(26-13)27-20(32-12-6-14-17(24-8-12)23-5-4-22-14)28-19(15)29-9-11(10-29)7-25-33(2,30)31/h4-6,8,11,25H,3,7,9-10H2,1-2H3,(H,26,27,28). The smallest absolute Gasteiger partial charge is 0.208 e. The third-order valence-corrected chi connectivity index (χ3v) is 7.31. The highest BCUT2D eigenvalue weighted by molar-refractivity contribution is 7.99. The van der Waals surface area contributed by atoms with Gasteiger partial charge in [-0.15, -0.1) is 0 Å². The quantitative estimate of drug-likeness (QED) is 0.365. The van der Waals surface area contributed by atoms with Crippen molar-refractivity contribution >= 4 is 61.4 Å². The number of halogens is 1. The second kappa shape index (κ2) is 8.67. The molecule has 0 aromatic carbocycles. The highest BCUT2D eigenvalue weighted by Crippen LogP contribution is 2.38. The molecule has 1 saturated heterocycles. The summed E-state index contributed by atoms with van der Waals surface area (Å²) in [5, 5.41) is 1.97. The van der Waals surface area contributed by atoms with Gasteiger partial charge >= 0.3 is 0 Å². The second-order valence-corrected chi connectivity index (χ2v) is 11.1. The summed E-state index contributed by atoms with van der Waals surface area (Å²) in [5.74, 6) is 0.945. The lowest BCUT2D eigenvalue weighted by Gasteiger charge is -2.40. The first-order chi connectivity index (χ1) is 15.8. The molecule has 13 heteroatoms. The topological polar surface area (TPSA) is 130 Å². The van der Waals surface area contributed by atoms with Gasteiger partial charge in [0.05, 0.1) is 16.7 Å². The highest BCUT2D eigenvalue weighted by Gasteiger charge is 2.31. The van der Waals surface area contributed by atoms with Crippen molar-refractivity contribution in [3.63, 3.8) is 0 Å². The van der Waals surface area contributed by atoms with Crippen LogP contribution in [0.3, 0.4) is 0 Å². The number of H-pyrrole nitrogens is 1. The molecule has 1 fully saturated rings.